The van der Waals surface area contributed by atoms with Crippen molar-refractivity contribution in [2.24, 2.45) is 11.5 Å². The quantitative estimate of drug-likeness (QED) is 0.735. The van der Waals surface area contributed by atoms with Crippen LogP contribution in [0.2, 0.25) is 0 Å². The Morgan fingerprint density at radius 3 is 2.56 bits per heavy atom. The minimum absolute atomic E-state index is 0.250. The number of nitrogens with zero attached hydrogens (tertiary/aromatic N) is 1. The molecule has 18 heavy (non-hydrogen) atoms. The summed E-state index contributed by atoms with van der Waals surface area (Å²) < 4.78 is 5.29. The number of amides is 1. The first-order chi connectivity index (χ1) is 8.54. The molecule has 2 rings (SSSR count). The van der Waals surface area contributed by atoms with Gasteiger partial charge in [-0.05, 0) is 12.8 Å². The summed E-state index contributed by atoms with van der Waals surface area (Å²) in [7, 11) is 1.54. The Bertz CT molecular complexity index is 452. The third-order valence-corrected chi connectivity index (χ3v) is 4.40. The van der Waals surface area contributed by atoms with Gasteiger partial charge in [0, 0.05) is 19.1 Å². The van der Waals surface area contributed by atoms with E-state index in [1.807, 2.05) is 0 Å². The summed E-state index contributed by atoms with van der Waals surface area (Å²) in [5.74, 6) is 0.0278. The molecule has 7 heteroatoms. The number of carbonyl (C=O) groups excluding carboxylic acids is 1. The van der Waals surface area contributed by atoms with Crippen molar-refractivity contribution in [1.29, 1.82) is 0 Å². The summed E-state index contributed by atoms with van der Waals surface area (Å²) in [5.41, 5.74) is 17.4. The van der Waals surface area contributed by atoms with Crippen LogP contribution in [-0.4, -0.2) is 32.1 Å². The Kier molecular flexibility index (Phi) is 3.63. The molecule has 0 atom stereocenters. The van der Waals surface area contributed by atoms with Crippen LogP contribution in [0.1, 0.15) is 22.5 Å². The maximum absolute atomic E-state index is 11.3. The van der Waals surface area contributed by atoms with Gasteiger partial charge in [0.05, 0.1) is 7.11 Å². The second-order valence-electron chi connectivity index (χ2n) is 4.37. The second kappa shape index (κ2) is 5.03. The number of methoxy groups -OCH3 is 1. The summed E-state index contributed by atoms with van der Waals surface area (Å²) in [6.07, 6.45) is 1.85. The van der Waals surface area contributed by atoms with Crippen LogP contribution < -0.4 is 26.8 Å². The predicted molar refractivity (Wildman–Crippen MR) is 73.2 cm³/mol. The number of primary amides is 1. The van der Waals surface area contributed by atoms with Crippen LogP contribution in [0.5, 0.6) is 5.75 Å². The average molecular weight is 270 g/mol. The van der Waals surface area contributed by atoms with E-state index in [4.69, 9.17) is 21.9 Å². The zero-order valence-corrected chi connectivity index (χ0v) is 11.1. The number of hydrogen-bond acceptors (Lipinski definition) is 6. The van der Waals surface area contributed by atoms with E-state index in [1.54, 1.807) is 7.11 Å². The Morgan fingerprint density at radius 2 is 2.06 bits per heavy atom. The first-order valence-electron chi connectivity index (χ1n) is 5.81. The fourth-order valence-corrected chi connectivity index (χ4v) is 3.20. The molecule has 0 radical (unpaired) electrons. The number of ether oxygens (including phenoxy) is 1. The lowest BCUT2D eigenvalue weighted by Gasteiger charge is -2.31. The number of nitrogens with two attached hydrogens (primary N) is 3. The first-order valence-corrected chi connectivity index (χ1v) is 6.62. The molecular formula is C11H18N4O2S. The highest BCUT2D eigenvalue weighted by molar-refractivity contribution is 7.19. The van der Waals surface area contributed by atoms with Crippen molar-refractivity contribution in [2.75, 3.05) is 30.8 Å². The average Bonchev–Trinajstić information content (AvgIpc) is 2.67. The van der Waals surface area contributed by atoms with Crippen molar-refractivity contribution in [3.8, 4) is 5.75 Å². The monoisotopic (exact) mass is 270 g/mol. The third kappa shape index (κ3) is 2.23. The molecule has 1 amide bonds. The van der Waals surface area contributed by atoms with E-state index in [-0.39, 0.29) is 6.04 Å². The lowest BCUT2D eigenvalue weighted by molar-refractivity contribution is 0.100. The number of rotatable bonds is 3. The van der Waals surface area contributed by atoms with Gasteiger partial charge in [-0.2, -0.15) is 0 Å². The molecule has 0 saturated carbocycles. The lowest BCUT2D eigenvalue weighted by Crippen LogP contribution is -2.39. The maximum Gasteiger partial charge on any atom is 0.261 e. The van der Waals surface area contributed by atoms with Gasteiger partial charge < -0.3 is 26.8 Å². The lowest BCUT2D eigenvalue weighted by atomic mass is 10.1. The number of thiophene rings is 1. The van der Waals surface area contributed by atoms with E-state index in [0.717, 1.165) is 30.9 Å². The van der Waals surface area contributed by atoms with Crippen LogP contribution >= 0.6 is 11.3 Å². The van der Waals surface area contributed by atoms with Gasteiger partial charge >= 0.3 is 0 Å². The van der Waals surface area contributed by atoms with Crippen LogP contribution in [0.15, 0.2) is 0 Å². The number of anilines is 2. The van der Waals surface area contributed by atoms with Crippen molar-refractivity contribution < 1.29 is 9.53 Å². The Hall–Kier alpha value is -1.47. The molecule has 0 aliphatic carbocycles. The summed E-state index contributed by atoms with van der Waals surface area (Å²) in [5, 5.41) is 0.871. The van der Waals surface area contributed by atoms with E-state index in [9.17, 15) is 4.79 Å². The standard InChI is InChI=1S/C11H18N4O2S/c1-17-8-7(13)9(10(14)16)18-11(8)15-4-2-6(12)3-5-15/h6H,2-5,12-13H2,1H3,(H2,14,16). The van der Waals surface area contributed by atoms with E-state index in [1.165, 1.54) is 11.3 Å². The molecule has 0 bridgehead atoms. The van der Waals surface area contributed by atoms with Gasteiger partial charge in [-0.1, -0.05) is 0 Å². The van der Waals surface area contributed by atoms with Crippen molar-refractivity contribution >= 4 is 27.9 Å². The minimum Gasteiger partial charge on any atom is -0.492 e. The zero-order valence-electron chi connectivity index (χ0n) is 10.3. The number of nitrogen functional groups attached to an aromatic ring is 1. The molecule has 1 aliphatic heterocycles. The molecule has 1 aliphatic rings. The summed E-state index contributed by atoms with van der Waals surface area (Å²) >= 11 is 1.29. The Balaban J connectivity index is 2.32. The molecule has 1 aromatic heterocycles. The van der Waals surface area contributed by atoms with Gasteiger partial charge in [-0.25, -0.2) is 0 Å². The highest BCUT2D eigenvalue weighted by Crippen LogP contribution is 2.45. The molecule has 1 aromatic rings. The minimum atomic E-state index is -0.518. The SMILES string of the molecule is COc1c(N2CCC(N)CC2)sc(C(N)=O)c1N. The highest BCUT2D eigenvalue weighted by Gasteiger charge is 2.26. The van der Waals surface area contributed by atoms with Gasteiger partial charge in [0.1, 0.15) is 15.6 Å². The third-order valence-electron chi connectivity index (χ3n) is 3.14. The summed E-state index contributed by atoms with van der Waals surface area (Å²) in [6, 6.07) is 0.250. The Labute approximate surface area is 110 Å². The van der Waals surface area contributed by atoms with Gasteiger partial charge in [0.15, 0.2) is 5.75 Å². The summed E-state index contributed by atoms with van der Waals surface area (Å²) in [6.45, 7) is 1.69. The van der Waals surface area contributed by atoms with Gasteiger partial charge in [0.25, 0.3) is 5.91 Å². The van der Waals surface area contributed by atoms with E-state index in [2.05, 4.69) is 4.90 Å². The van der Waals surface area contributed by atoms with E-state index >= 15 is 0 Å². The van der Waals surface area contributed by atoms with E-state index < -0.39 is 5.91 Å². The first kappa shape index (κ1) is 13.0. The number of hydrogen-bond donors (Lipinski definition) is 3. The molecule has 6 N–H and O–H groups in total. The fourth-order valence-electron chi connectivity index (χ4n) is 2.11. The van der Waals surface area contributed by atoms with Crippen molar-refractivity contribution in [2.45, 2.75) is 18.9 Å². The molecule has 2 heterocycles. The second-order valence-corrected chi connectivity index (χ2v) is 5.37. The summed E-state index contributed by atoms with van der Waals surface area (Å²) in [4.78, 5) is 13.8. The zero-order chi connectivity index (χ0) is 13.3. The molecule has 0 unspecified atom stereocenters. The van der Waals surface area contributed by atoms with Crippen LogP contribution in [0, 0.1) is 0 Å². The maximum atomic E-state index is 11.3. The van der Waals surface area contributed by atoms with Gasteiger partial charge in [-0.3, -0.25) is 4.79 Å². The normalized spacial score (nSPS) is 16.9. The van der Waals surface area contributed by atoms with Crippen LogP contribution in [0.3, 0.4) is 0 Å². The predicted octanol–water partition coefficient (Wildman–Crippen LogP) is 0.365. The van der Waals surface area contributed by atoms with Gasteiger partial charge in [-0.15, -0.1) is 11.3 Å². The van der Waals surface area contributed by atoms with Crippen LogP contribution in [0.25, 0.3) is 0 Å². The van der Waals surface area contributed by atoms with E-state index in [0.29, 0.717) is 16.3 Å². The van der Waals surface area contributed by atoms with Crippen molar-refractivity contribution in [3.63, 3.8) is 0 Å². The smallest absolute Gasteiger partial charge is 0.261 e. The molecule has 1 fully saturated rings. The van der Waals surface area contributed by atoms with Crippen LogP contribution in [-0.2, 0) is 0 Å². The van der Waals surface area contributed by atoms with Gasteiger partial charge in [0.2, 0.25) is 0 Å². The Morgan fingerprint density at radius 1 is 1.44 bits per heavy atom. The topological polar surface area (TPSA) is 108 Å². The van der Waals surface area contributed by atoms with Crippen molar-refractivity contribution in [3.05, 3.63) is 4.88 Å². The van der Waals surface area contributed by atoms with Crippen molar-refractivity contribution in [1.82, 2.24) is 0 Å². The van der Waals surface area contributed by atoms with Crippen LogP contribution in [0.4, 0.5) is 10.7 Å². The molecule has 1 saturated heterocycles. The molecule has 6 nitrogen and oxygen atoms in total. The highest BCUT2D eigenvalue weighted by atomic mass is 32.1. The molecule has 0 aromatic carbocycles. The number of piperidine rings is 1. The molecule has 0 spiro atoms. The molecule has 100 valence electrons. The molecular weight excluding hydrogens is 252 g/mol. The number of carbonyl (C=O) groups is 1. The fraction of sp³-hybridized carbons (Fsp3) is 0.545. The largest absolute Gasteiger partial charge is 0.492 e.